The molecule has 0 aliphatic heterocycles. The number of nitrogens with zero attached hydrogens (tertiary/aromatic N) is 1. The molecule has 0 aliphatic rings. The van der Waals surface area contributed by atoms with Crippen LogP contribution in [0.2, 0.25) is 0 Å². The summed E-state index contributed by atoms with van der Waals surface area (Å²) >= 11 is 0. The van der Waals surface area contributed by atoms with Gasteiger partial charge in [0.2, 0.25) is 5.91 Å². The van der Waals surface area contributed by atoms with E-state index in [2.05, 4.69) is 10.3 Å². The van der Waals surface area contributed by atoms with Crippen LogP contribution in [0.5, 0.6) is 5.75 Å². The van der Waals surface area contributed by atoms with Crippen molar-refractivity contribution in [3.63, 3.8) is 0 Å². The van der Waals surface area contributed by atoms with Crippen LogP contribution in [0, 0.1) is 0 Å². The lowest BCUT2D eigenvalue weighted by atomic mass is 10.2. The quantitative estimate of drug-likeness (QED) is 0.659. The minimum atomic E-state index is -0.131. The molecule has 0 spiro atoms. The predicted octanol–water partition coefficient (Wildman–Crippen LogP) is 3.99. The second kappa shape index (κ2) is 9.18. The SMILES string of the molecule is O=C(/C=C/c1ccccc1)NCc1cccc(OCc2ccccn2)c1. The summed E-state index contributed by atoms with van der Waals surface area (Å²) in [6.45, 7) is 0.856. The summed E-state index contributed by atoms with van der Waals surface area (Å²) < 4.78 is 5.76. The smallest absolute Gasteiger partial charge is 0.244 e. The fourth-order valence-electron chi connectivity index (χ4n) is 2.37. The maximum absolute atomic E-state index is 11.9. The van der Waals surface area contributed by atoms with Crippen molar-refractivity contribution in [1.29, 1.82) is 0 Å². The van der Waals surface area contributed by atoms with E-state index in [0.29, 0.717) is 13.2 Å². The summed E-state index contributed by atoms with van der Waals surface area (Å²) in [6, 6.07) is 23.1. The van der Waals surface area contributed by atoms with E-state index in [4.69, 9.17) is 4.74 Å². The first-order valence-electron chi connectivity index (χ1n) is 8.42. The molecule has 1 aromatic heterocycles. The molecule has 3 rings (SSSR count). The maximum atomic E-state index is 11.9. The molecule has 2 aromatic carbocycles. The van der Waals surface area contributed by atoms with E-state index in [1.54, 1.807) is 12.3 Å². The Morgan fingerprint density at radius 1 is 1.00 bits per heavy atom. The van der Waals surface area contributed by atoms with Crippen molar-refractivity contribution in [1.82, 2.24) is 10.3 Å². The molecular formula is C22H20N2O2. The fourth-order valence-corrected chi connectivity index (χ4v) is 2.37. The molecule has 0 radical (unpaired) electrons. The third-order valence-electron chi connectivity index (χ3n) is 3.70. The van der Waals surface area contributed by atoms with Gasteiger partial charge in [0, 0.05) is 18.8 Å². The highest BCUT2D eigenvalue weighted by Crippen LogP contribution is 2.14. The summed E-state index contributed by atoms with van der Waals surface area (Å²) in [5.41, 5.74) is 2.84. The third-order valence-corrected chi connectivity index (χ3v) is 3.70. The number of ether oxygens (including phenoxy) is 1. The van der Waals surface area contributed by atoms with Crippen LogP contribution in [-0.2, 0) is 17.9 Å². The monoisotopic (exact) mass is 344 g/mol. The molecule has 1 N–H and O–H groups in total. The van der Waals surface area contributed by atoms with Gasteiger partial charge in [-0.25, -0.2) is 0 Å². The molecule has 0 atom stereocenters. The minimum absolute atomic E-state index is 0.131. The first-order chi connectivity index (χ1) is 12.8. The van der Waals surface area contributed by atoms with Gasteiger partial charge in [-0.1, -0.05) is 48.5 Å². The van der Waals surface area contributed by atoms with E-state index in [9.17, 15) is 4.79 Å². The van der Waals surface area contributed by atoms with Gasteiger partial charge < -0.3 is 10.1 Å². The van der Waals surface area contributed by atoms with Gasteiger partial charge >= 0.3 is 0 Å². The van der Waals surface area contributed by atoms with Crippen molar-refractivity contribution in [2.45, 2.75) is 13.2 Å². The van der Waals surface area contributed by atoms with Crippen LogP contribution < -0.4 is 10.1 Å². The van der Waals surface area contributed by atoms with Gasteiger partial charge in [0.05, 0.1) is 5.69 Å². The molecule has 4 nitrogen and oxygen atoms in total. The molecule has 0 saturated heterocycles. The lowest BCUT2D eigenvalue weighted by Crippen LogP contribution is -2.20. The molecule has 0 fully saturated rings. The molecule has 4 heteroatoms. The largest absolute Gasteiger partial charge is 0.487 e. The Morgan fingerprint density at radius 3 is 2.65 bits per heavy atom. The minimum Gasteiger partial charge on any atom is -0.487 e. The van der Waals surface area contributed by atoms with E-state index >= 15 is 0 Å². The van der Waals surface area contributed by atoms with E-state index in [1.807, 2.05) is 72.8 Å². The summed E-state index contributed by atoms with van der Waals surface area (Å²) in [7, 11) is 0. The first-order valence-corrected chi connectivity index (χ1v) is 8.42. The van der Waals surface area contributed by atoms with Crippen LogP contribution >= 0.6 is 0 Å². The number of benzene rings is 2. The van der Waals surface area contributed by atoms with Gasteiger partial charge in [0.25, 0.3) is 0 Å². The van der Waals surface area contributed by atoms with Gasteiger partial charge in [-0.05, 0) is 41.5 Å². The topological polar surface area (TPSA) is 51.2 Å². The summed E-state index contributed by atoms with van der Waals surface area (Å²) in [4.78, 5) is 16.2. The Morgan fingerprint density at radius 2 is 1.85 bits per heavy atom. The molecule has 3 aromatic rings. The number of carbonyl (C=O) groups is 1. The highest BCUT2D eigenvalue weighted by molar-refractivity contribution is 5.91. The Kier molecular flexibility index (Phi) is 6.15. The van der Waals surface area contributed by atoms with Gasteiger partial charge in [-0.15, -0.1) is 0 Å². The number of hydrogen-bond donors (Lipinski definition) is 1. The van der Waals surface area contributed by atoms with E-state index in [0.717, 1.165) is 22.6 Å². The van der Waals surface area contributed by atoms with Crippen LogP contribution in [0.4, 0.5) is 0 Å². The lowest BCUT2D eigenvalue weighted by molar-refractivity contribution is -0.116. The number of aromatic nitrogens is 1. The highest BCUT2D eigenvalue weighted by Gasteiger charge is 2.01. The zero-order chi connectivity index (χ0) is 18.0. The first kappa shape index (κ1) is 17.4. The van der Waals surface area contributed by atoms with E-state index < -0.39 is 0 Å². The van der Waals surface area contributed by atoms with Crippen LogP contribution in [-0.4, -0.2) is 10.9 Å². The number of carbonyl (C=O) groups excluding carboxylic acids is 1. The molecular weight excluding hydrogens is 324 g/mol. The lowest BCUT2D eigenvalue weighted by Gasteiger charge is -2.08. The number of nitrogens with one attached hydrogen (secondary N) is 1. The van der Waals surface area contributed by atoms with Crippen molar-refractivity contribution >= 4 is 12.0 Å². The summed E-state index contributed by atoms with van der Waals surface area (Å²) in [5.74, 6) is 0.621. The van der Waals surface area contributed by atoms with Crippen LogP contribution in [0.25, 0.3) is 6.08 Å². The Balaban J connectivity index is 1.50. The second-order valence-corrected chi connectivity index (χ2v) is 5.72. The average Bonchev–Trinajstić information content (AvgIpc) is 2.71. The maximum Gasteiger partial charge on any atom is 0.244 e. The second-order valence-electron chi connectivity index (χ2n) is 5.72. The zero-order valence-corrected chi connectivity index (χ0v) is 14.3. The van der Waals surface area contributed by atoms with Crippen molar-refractivity contribution in [2.24, 2.45) is 0 Å². The molecule has 0 unspecified atom stereocenters. The molecule has 130 valence electrons. The van der Waals surface area contributed by atoms with Crippen molar-refractivity contribution < 1.29 is 9.53 Å². The number of amides is 1. The Bertz CT molecular complexity index is 862. The van der Waals surface area contributed by atoms with Gasteiger partial charge in [0.1, 0.15) is 12.4 Å². The number of rotatable bonds is 7. The number of hydrogen-bond acceptors (Lipinski definition) is 3. The number of pyridine rings is 1. The van der Waals surface area contributed by atoms with E-state index in [1.165, 1.54) is 6.08 Å². The summed E-state index contributed by atoms with van der Waals surface area (Å²) in [5, 5.41) is 2.88. The van der Waals surface area contributed by atoms with Crippen LogP contribution in [0.1, 0.15) is 16.8 Å². The van der Waals surface area contributed by atoms with E-state index in [-0.39, 0.29) is 5.91 Å². The molecule has 0 saturated carbocycles. The average molecular weight is 344 g/mol. The summed E-state index contributed by atoms with van der Waals surface area (Å²) in [6.07, 6.45) is 5.08. The van der Waals surface area contributed by atoms with Crippen molar-refractivity contribution in [3.8, 4) is 5.75 Å². The molecule has 0 bridgehead atoms. The van der Waals surface area contributed by atoms with Crippen LogP contribution in [0.3, 0.4) is 0 Å². The fraction of sp³-hybridized carbons (Fsp3) is 0.0909. The van der Waals surface area contributed by atoms with Crippen molar-refractivity contribution in [3.05, 3.63) is 102 Å². The molecule has 26 heavy (non-hydrogen) atoms. The molecule has 0 aliphatic carbocycles. The van der Waals surface area contributed by atoms with Gasteiger partial charge in [-0.3, -0.25) is 9.78 Å². The highest BCUT2D eigenvalue weighted by atomic mass is 16.5. The van der Waals surface area contributed by atoms with Gasteiger partial charge in [0.15, 0.2) is 0 Å². The van der Waals surface area contributed by atoms with Crippen molar-refractivity contribution in [2.75, 3.05) is 0 Å². The predicted molar refractivity (Wildman–Crippen MR) is 102 cm³/mol. The van der Waals surface area contributed by atoms with Crippen LogP contribution in [0.15, 0.2) is 85.1 Å². The standard InChI is InChI=1S/C22H20N2O2/c25-22(13-12-18-7-2-1-3-8-18)24-16-19-9-6-11-21(15-19)26-17-20-10-4-5-14-23-20/h1-15H,16-17H2,(H,24,25)/b13-12+. The molecule has 1 heterocycles. The third kappa shape index (κ3) is 5.60. The zero-order valence-electron chi connectivity index (χ0n) is 14.3. The normalized spacial score (nSPS) is 10.6. The Labute approximate surface area is 153 Å². The van der Waals surface area contributed by atoms with Gasteiger partial charge in [-0.2, -0.15) is 0 Å². The Hall–Kier alpha value is -3.40. The molecule has 1 amide bonds.